The molecular formula is C2H2NNiO4-. The molecule has 0 amide bonds. The van der Waals surface area contributed by atoms with E-state index in [0.29, 0.717) is 0 Å². The Morgan fingerprint density at radius 2 is 2.12 bits per heavy atom. The minimum absolute atomic E-state index is 0. The van der Waals surface area contributed by atoms with E-state index in [9.17, 15) is 14.9 Å². The topological polar surface area (TPSA) is 80.4 Å². The zero-order valence-electron chi connectivity index (χ0n) is 3.51. The Balaban J connectivity index is 0. The Morgan fingerprint density at radius 3 is 2.12 bits per heavy atom. The third kappa shape index (κ3) is 8.97. The van der Waals surface area contributed by atoms with E-state index in [1.807, 2.05) is 0 Å². The minimum Gasteiger partial charge on any atom is -0.499 e. The molecule has 0 bridgehead atoms. The van der Waals surface area contributed by atoms with Gasteiger partial charge in [0, 0.05) is 23.0 Å². The molecule has 0 saturated heterocycles. The zero-order valence-corrected chi connectivity index (χ0v) is 4.50. The minimum atomic E-state index is -1.54. The summed E-state index contributed by atoms with van der Waals surface area (Å²) in [5.74, 6) is -1.54. The molecule has 0 aliphatic rings. The van der Waals surface area contributed by atoms with E-state index in [1.54, 1.807) is 0 Å². The van der Waals surface area contributed by atoms with Crippen LogP contribution in [-0.4, -0.2) is 16.0 Å². The van der Waals surface area contributed by atoms with Gasteiger partial charge in [0.25, 0.3) is 0 Å². The number of aliphatic carboxylic acids is 1. The van der Waals surface area contributed by atoms with Crippen molar-refractivity contribution < 1.29 is 31.3 Å². The van der Waals surface area contributed by atoms with Crippen molar-refractivity contribution in [3.8, 4) is 0 Å². The van der Waals surface area contributed by atoms with E-state index >= 15 is 0 Å². The Morgan fingerprint density at radius 1 is 1.75 bits per heavy atom. The number of hydrogen-bond acceptors (Lipinski definition) is 3. The van der Waals surface area contributed by atoms with Gasteiger partial charge < -0.3 is 5.11 Å². The molecule has 8 heavy (non-hydrogen) atoms. The van der Waals surface area contributed by atoms with E-state index in [-0.39, 0.29) is 23.0 Å². The fourth-order valence-corrected chi connectivity index (χ4v) is 0.0902. The van der Waals surface area contributed by atoms with Gasteiger partial charge in [-0.05, 0) is 0 Å². The number of carbonyl (C=O) groups is 1. The van der Waals surface area contributed by atoms with Gasteiger partial charge in [-0.15, -0.1) is 4.92 Å². The molecule has 1 N–H and O–H groups in total. The maximum Gasteiger partial charge on any atom is 0.232 e. The summed E-state index contributed by atoms with van der Waals surface area (Å²) in [4.78, 5) is 17.5. The van der Waals surface area contributed by atoms with Crippen molar-refractivity contribution in [1.82, 2.24) is 0 Å². The number of nitrogens with zero attached hydrogens (tertiary/aromatic N) is 1. The monoisotopic (exact) mass is 162 g/mol. The van der Waals surface area contributed by atoms with Crippen molar-refractivity contribution in [2.75, 3.05) is 0 Å². The Labute approximate surface area is 54.8 Å². The van der Waals surface area contributed by atoms with E-state index in [1.165, 1.54) is 0 Å². The summed E-state index contributed by atoms with van der Waals surface area (Å²) in [5.41, 5.74) is 0. The van der Waals surface area contributed by atoms with Crippen LogP contribution in [0.25, 0.3) is 0 Å². The summed E-state index contributed by atoms with van der Waals surface area (Å²) in [5, 5.41) is 16.8. The molecule has 6 heteroatoms. The predicted octanol–water partition coefficient (Wildman–Crippen LogP) is -0.493. The first-order valence-electron chi connectivity index (χ1n) is 1.34. The third-order valence-corrected chi connectivity index (χ3v) is 0.216. The molecule has 0 radical (unpaired) electrons. The summed E-state index contributed by atoms with van der Waals surface area (Å²) in [7, 11) is 0. The summed E-state index contributed by atoms with van der Waals surface area (Å²) in [6, 6.07) is 0. The van der Waals surface area contributed by atoms with Crippen LogP contribution in [0.2, 0.25) is 0 Å². The van der Waals surface area contributed by atoms with Gasteiger partial charge >= 0.3 is 0 Å². The Hall–Kier alpha value is -0.766. The first-order chi connectivity index (χ1) is 3.13. The van der Waals surface area contributed by atoms with Crippen LogP contribution in [0.1, 0.15) is 0 Å². The van der Waals surface area contributed by atoms with Crippen molar-refractivity contribution in [3.63, 3.8) is 0 Å². The zero-order chi connectivity index (χ0) is 5.86. The Bertz CT molecular complexity index is 90.2. The number of hydrogen-bond donors (Lipinski definition) is 1. The molecule has 0 aromatic heterocycles. The van der Waals surface area contributed by atoms with Crippen LogP contribution in [0.5, 0.6) is 0 Å². The van der Waals surface area contributed by atoms with Crippen LogP contribution in [0.3, 0.4) is 0 Å². The van der Waals surface area contributed by atoms with Crippen LogP contribution in [0.4, 0.5) is 0 Å². The van der Waals surface area contributed by atoms with Gasteiger partial charge in [0.1, 0.15) is 0 Å². The van der Waals surface area contributed by atoms with Crippen molar-refractivity contribution in [2.45, 2.75) is 0 Å². The largest absolute Gasteiger partial charge is 0.499 e. The van der Waals surface area contributed by atoms with Gasteiger partial charge in [0.05, 0.1) is 0 Å². The fourth-order valence-electron chi connectivity index (χ4n) is 0.0902. The molecule has 0 aliphatic carbocycles. The van der Waals surface area contributed by atoms with Crippen LogP contribution < -0.4 is 0 Å². The van der Waals surface area contributed by atoms with Crippen LogP contribution in [0.15, 0.2) is 0 Å². The normalized spacial score (nSPS) is 6.50. The summed E-state index contributed by atoms with van der Waals surface area (Å²) in [6.07, 6.45) is 0. The number of carboxylic acid groups (broad SMARTS) is 1. The molecular weight excluding hydrogens is 161 g/mol. The van der Waals surface area contributed by atoms with Crippen molar-refractivity contribution in [3.05, 3.63) is 16.7 Å². The molecule has 0 aliphatic heterocycles. The number of nitro groups is 1. The second-order valence-corrected chi connectivity index (χ2v) is 0.753. The standard InChI is InChI=1S/C2H2NO4.Ni/c4-2(5)1-3(6)7;/h1H,(H,4,5);/q-1;. The van der Waals surface area contributed by atoms with Gasteiger partial charge in [0.2, 0.25) is 5.97 Å². The molecule has 0 rings (SSSR count). The molecule has 0 heterocycles. The van der Waals surface area contributed by atoms with Gasteiger partial charge in [-0.3, -0.25) is 14.9 Å². The molecule has 5 nitrogen and oxygen atoms in total. The first-order valence-corrected chi connectivity index (χ1v) is 1.34. The van der Waals surface area contributed by atoms with Crippen molar-refractivity contribution in [1.29, 1.82) is 0 Å². The molecule has 0 fully saturated rings. The quantitative estimate of drug-likeness (QED) is 0.257. The van der Waals surface area contributed by atoms with Gasteiger partial charge in [-0.1, -0.05) is 0 Å². The van der Waals surface area contributed by atoms with E-state index < -0.39 is 10.9 Å². The van der Waals surface area contributed by atoms with Crippen molar-refractivity contribution >= 4 is 5.97 Å². The number of rotatable bonds is 2. The Kier molecular flexibility index (Phi) is 5.64. The van der Waals surface area contributed by atoms with Crippen molar-refractivity contribution in [2.24, 2.45) is 0 Å². The predicted molar refractivity (Wildman–Crippen MR) is 18.9 cm³/mol. The summed E-state index contributed by atoms with van der Waals surface area (Å²) in [6.45, 7) is -0.0278. The average molecular weight is 163 g/mol. The van der Waals surface area contributed by atoms with Crippen LogP contribution in [-0.2, 0) is 21.3 Å². The van der Waals surface area contributed by atoms with E-state index in [0.717, 1.165) is 0 Å². The molecule has 0 aromatic rings. The molecule has 50 valence electrons. The smallest absolute Gasteiger partial charge is 0.232 e. The molecule has 0 atom stereocenters. The molecule has 0 unspecified atom stereocenters. The fraction of sp³-hybridized carbons (Fsp3) is 0. The second-order valence-electron chi connectivity index (χ2n) is 0.753. The van der Waals surface area contributed by atoms with Gasteiger partial charge in [-0.25, -0.2) is 0 Å². The third-order valence-electron chi connectivity index (χ3n) is 0.216. The number of carboxylic acids is 1. The molecule has 0 aromatic carbocycles. The maximum absolute atomic E-state index is 9.31. The average Bonchev–Trinajstić information content (AvgIpc) is 1.27. The van der Waals surface area contributed by atoms with Crippen LogP contribution in [0, 0.1) is 16.7 Å². The second kappa shape index (κ2) is 4.39. The van der Waals surface area contributed by atoms with E-state index in [2.05, 4.69) is 0 Å². The SMILES string of the molecule is O=C(O)[CH-][N+](=O)[O-].[Ni]. The summed E-state index contributed by atoms with van der Waals surface area (Å²) >= 11 is 0. The van der Waals surface area contributed by atoms with Gasteiger partial charge in [0.15, 0.2) is 0 Å². The summed E-state index contributed by atoms with van der Waals surface area (Å²) < 4.78 is 0. The maximum atomic E-state index is 9.31. The van der Waals surface area contributed by atoms with E-state index in [4.69, 9.17) is 5.11 Å². The van der Waals surface area contributed by atoms with Gasteiger partial charge in [-0.2, -0.15) is 0 Å². The molecule has 0 spiro atoms. The first kappa shape index (κ1) is 10.3. The molecule has 0 saturated carbocycles. The van der Waals surface area contributed by atoms with Crippen LogP contribution >= 0.6 is 0 Å².